The Bertz CT molecular complexity index is 399. The van der Waals surface area contributed by atoms with Crippen molar-refractivity contribution in [2.24, 2.45) is 11.0 Å². The fourth-order valence-electron chi connectivity index (χ4n) is 2.10. The van der Waals surface area contributed by atoms with Crippen LogP contribution in [0.3, 0.4) is 0 Å². The smallest absolute Gasteiger partial charge is 0.303 e. The average Bonchev–Trinajstić information content (AvgIpc) is 2.46. The largest absolute Gasteiger partial charge is 0.481 e. The van der Waals surface area contributed by atoms with Crippen LogP contribution in [0.1, 0.15) is 78.6 Å². The Hall–Kier alpha value is -1.65. The molecule has 5 nitrogen and oxygen atoms in total. The van der Waals surface area contributed by atoms with Crippen LogP contribution in [-0.4, -0.2) is 23.2 Å². The van der Waals surface area contributed by atoms with Gasteiger partial charge in [-0.1, -0.05) is 31.4 Å². The minimum Gasteiger partial charge on any atom is -0.481 e. The van der Waals surface area contributed by atoms with Gasteiger partial charge in [-0.3, -0.25) is 9.59 Å². The SMILES string of the molecule is CC(C)=CCC[C@H](C)C/C=N/NC(=O)CCCCCCC(=O)O. The summed E-state index contributed by atoms with van der Waals surface area (Å²) in [6, 6.07) is 0. The van der Waals surface area contributed by atoms with Gasteiger partial charge < -0.3 is 5.11 Å². The number of hydrogen-bond acceptors (Lipinski definition) is 3. The van der Waals surface area contributed by atoms with Gasteiger partial charge in [-0.05, 0) is 51.9 Å². The summed E-state index contributed by atoms with van der Waals surface area (Å²) in [6.45, 7) is 6.39. The number of carbonyl (C=O) groups is 2. The van der Waals surface area contributed by atoms with Crippen LogP contribution in [0.2, 0.25) is 0 Å². The summed E-state index contributed by atoms with van der Waals surface area (Å²) in [6.07, 6.45) is 10.9. The van der Waals surface area contributed by atoms with Crippen molar-refractivity contribution in [2.45, 2.75) is 78.6 Å². The van der Waals surface area contributed by atoms with E-state index in [4.69, 9.17) is 5.11 Å². The van der Waals surface area contributed by atoms with Gasteiger partial charge in [0.15, 0.2) is 0 Å². The van der Waals surface area contributed by atoms with Crippen molar-refractivity contribution < 1.29 is 14.7 Å². The van der Waals surface area contributed by atoms with Gasteiger partial charge in [0.2, 0.25) is 5.91 Å². The van der Waals surface area contributed by atoms with E-state index in [1.807, 2.05) is 0 Å². The second kappa shape index (κ2) is 14.0. The highest BCUT2D eigenvalue weighted by molar-refractivity contribution is 5.76. The van der Waals surface area contributed by atoms with E-state index in [2.05, 4.69) is 37.4 Å². The van der Waals surface area contributed by atoms with Crippen molar-refractivity contribution in [3.8, 4) is 0 Å². The normalized spacial score (nSPS) is 12.1. The monoisotopic (exact) mass is 324 g/mol. The van der Waals surface area contributed by atoms with Crippen LogP contribution in [0, 0.1) is 5.92 Å². The highest BCUT2D eigenvalue weighted by atomic mass is 16.4. The molecule has 0 aromatic heterocycles. The summed E-state index contributed by atoms with van der Waals surface area (Å²) in [5.74, 6) is -0.274. The molecule has 0 aliphatic carbocycles. The summed E-state index contributed by atoms with van der Waals surface area (Å²) in [5.41, 5.74) is 3.89. The number of carbonyl (C=O) groups excluding carboxylic acids is 1. The lowest BCUT2D eigenvalue weighted by molar-refractivity contribution is -0.137. The summed E-state index contributed by atoms with van der Waals surface area (Å²) in [7, 11) is 0. The molecule has 0 saturated heterocycles. The number of hydrogen-bond donors (Lipinski definition) is 2. The molecule has 1 atom stereocenters. The molecule has 0 aliphatic rings. The van der Waals surface area contributed by atoms with E-state index < -0.39 is 5.97 Å². The van der Waals surface area contributed by atoms with E-state index in [9.17, 15) is 9.59 Å². The van der Waals surface area contributed by atoms with Crippen LogP contribution in [-0.2, 0) is 9.59 Å². The molecule has 132 valence electrons. The van der Waals surface area contributed by atoms with Gasteiger partial charge in [0.25, 0.3) is 0 Å². The molecule has 2 N–H and O–H groups in total. The Morgan fingerprint density at radius 1 is 1.13 bits per heavy atom. The molecule has 0 heterocycles. The summed E-state index contributed by atoms with van der Waals surface area (Å²) in [5, 5.41) is 12.5. The topological polar surface area (TPSA) is 78.8 Å². The van der Waals surface area contributed by atoms with E-state index in [0.29, 0.717) is 18.8 Å². The molecule has 1 amide bonds. The number of hydrazone groups is 1. The first-order valence-electron chi connectivity index (χ1n) is 8.57. The Balaban J connectivity index is 3.57. The van der Waals surface area contributed by atoms with Crippen molar-refractivity contribution in [2.75, 3.05) is 0 Å². The summed E-state index contributed by atoms with van der Waals surface area (Å²) < 4.78 is 0. The van der Waals surface area contributed by atoms with Gasteiger partial charge >= 0.3 is 5.97 Å². The maximum Gasteiger partial charge on any atom is 0.303 e. The molecule has 23 heavy (non-hydrogen) atoms. The molecule has 0 rings (SSSR count). The molecule has 0 aliphatic heterocycles. The third-order valence-corrected chi connectivity index (χ3v) is 3.54. The molecule has 0 aromatic carbocycles. The highest BCUT2D eigenvalue weighted by Gasteiger charge is 2.01. The Labute approximate surface area is 140 Å². The number of rotatable bonds is 13. The van der Waals surface area contributed by atoms with Crippen LogP contribution in [0.5, 0.6) is 0 Å². The molecule has 0 radical (unpaired) electrons. The molecule has 0 fully saturated rings. The van der Waals surface area contributed by atoms with E-state index in [-0.39, 0.29) is 12.3 Å². The molecular formula is C18H32N2O3. The number of carboxylic acid groups (broad SMARTS) is 1. The molecule has 0 spiro atoms. The first kappa shape index (κ1) is 21.4. The van der Waals surface area contributed by atoms with Crippen LogP contribution >= 0.6 is 0 Å². The van der Waals surface area contributed by atoms with Crippen LogP contribution in [0.4, 0.5) is 0 Å². The fraction of sp³-hybridized carbons (Fsp3) is 0.722. The first-order chi connectivity index (χ1) is 10.9. The van der Waals surface area contributed by atoms with Gasteiger partial charge in [-0.15, -0.1) is 0 Å². The van der Waals surface area contributed by atoms with Crippen LogP contribution < -0.4 is 5.43 Å². The van der Waals surface area contributed by atoms with Gasteiger partial charge in [-0.2, -0.15) is 5.10 Å². The van der Waals surface area contributed by atoms with Crippen LogP contribution in [0.15, 0.2) is 16.8 Å². The number of aliphatic carboxylic acids is 1. The minimum absolute atomic E-state index is 0.0725. The lowest BCUT2D eigenvalue weighted by Crippen LogP contribution is -2.17. The van der Waals surface area contributed by atoms with Crippen LogP contribution in [0.25, 0.3) is 0 Å². The van der Waals surface area contributed by atoms with Crippen molar-refractivity contribution in [1.29, 1.82) is 0 Å². The fourth-order valence-corrected chi connectivity index (χ4v) is 2.10. The van der Waals surface area contributed by atoms with Crippen molar-refractivity contribution in [1.82, 2.24) is 5.43 Å². The van der Waals surface area contributed by atoms with E-state index in [1.54, 1.807) is 6.21 Å². The van der Waals surface area contributed by atoms with E-state index >= 15 is 0 Å². The number of carboxylic acids is 1. The quantitative estimate of drug-likeness (QED) is 0.230. The lowest BCUT2D eigenvalue weighted by atomic mass is 10.0. The number of nitrogens with zero attached hydrogens (tertiary/aromatic N) is 1. The molecule has 0 aromatic rings. The molecule has 0 saturated carbocycles. The zero-order valence-corrected chi connectivity index (χ0v) is 14.8. The second-order valence-electron chi connectivity index (χ2n) is 6.35. The Kier molecular flexibility index (Phi) is 13.0. The van der Waals surface area contributed by atoms with Gasteiger partial charge in [0.05, 0.1) is 0 Å². The third-order valence-electron chi connectivity index (χ3n) is 3.54. The van der Waals surface area contributed by atoms with Crippen molar-refractivity contribution in [3.63, 3.8) is 0 Å². The number of amides is 1. The predicted octanol–water partition coefficient (Wildman–Crippen LogP) is 4.29. The van der Waals surface area contributed by atoms with Gasteiger partial charge in [0, 0.05) is 19.1 Å². The zero-order chi connectivity index (χ0) is 17.5. The number of allylic oxidation sites excluding steroid dienone is 2. The molecule has 0 unspecified atom stereocenters. The van der Waals surface area contributed by atoms with Gasteiger partial charge in [0.1, 0.15) is 0 Å². The third kappa shape index (κ3) is 16.5. The van der Waals surface area contributed by atoms with Gasteiger partial charge in [-0.25, -0.2) is 5.43 Å². The summed E-state index contributed by atoms with van der Waals surface area (Å²) in [4.78, 5) is 21.9. The van der Waals surface area contributed by atoms with Crippen molar-refractivity contribution >= 4 is 18.1 Å². The van der Waals surface area contributed by atoms with E-state index in [0.717, 1.165) is 38.5 Å². The average molecular weight is 324 g/mol. The van der Waals surface area contributed by atoms with E-state index in [1.165, 1.54) is 5.57 Å². The standard InChI is InChI=1S/C18H32N2O3/c1-15(2)9-8-10-16(3)13-14-19-20-17(21)11-6-4-5-7-12-18(22)23/h9,14,16H,4-8,10-13H2,1-3H3,(H,20,21)(H,22,23)/b19-14+/t16-/m0/s1. The van der Waals surface area contributed by atoms with Crippen molar-refractivity contribution in [3.05, 3.63) is 11.6 Å². The summed E-state index contributed by atoms with van der Waals surface area (Å²) >= 11 is 0. The first-order valence-corrected chi connectivity index (χ1v) is 8.57. The maximum atomic E-state index is 11.5. The molecule has 5 heteroatoms. The number of unbranched alkanes of at least 4 members (excludes halogenated alkanes) is 3. The Morgan fingerprint density at radius 2 is 1.78 bits per heavy atom. The second-order valence-corrected chi connectivity index (χ2v) is 6.35. The Morgan fingerprint density at radius 3 is 2.39 bits per heavy atom. The minimum atomic E-state index is -0.757. The number of nitrogens with one attached hydrogen (secondary N) is 1. The molecule has 0 bridgehead atoms. The predicted molar refractivity (Wildman–Crippen MR) is 94.4 cm³/mol. The molecular weight excluding hydrogens is 292 g/mol. The zero-order valence-electron chi connectivity index (χ0n) is 14.8. The lowest BCUT2D eigenvalue weighted by Gasteiger charge is -2.06. The maximum absolute atomic E-state index is 11.5. The highest BCUT2D eigenvalue weighted by Crippen LogP contribution is 2.10.